The lowest BCUT2D eigenvalue weighted by atomic mass is 10.1. The lowest BCUT2D eigenvalue weighted by Crippen LogP contribution is -2.27. The molecule has 0 amide bonds. The zero-order valence-corrected chi connectivity index (χ0v) is 18.1. The Balaban J connectivity index is 1.58. The molecule has 5 heteroatoms. The van der Waals surface area contributed by atoms with Crippen molar-refractivity contribution in [2.24, 2.45) is 0 Å². The number of carbonyl (C=O) groups is 1. The normalized spacial score (nSPS) is 12.2. The molecule has 1 aromatic heterocycles. The lowest BCUT2D eigenvalue weighted by Gasteiger charge is -2.15. The van der Waals surface area contributed by atoms with Gasteiger partial charge >= 0.3 is 5.97 Å². The predicted molar refractivity (Wildman–Crippen MR) is 125 cm³/mol. The summed E-state index contributed by atoms with van der Waals surface area (Å²) in [5, 5.41) is 14.5. The molecule has 2 N–H and O–H groups in total. The average molecular weight is 431 g/mol. The number of hydrogen-bond donors (Lipinski definition) is 2. The van der Waals surface area contributed by atoms with Crippen molar-refractivity contribution in [2.75, 3.05) is 0 Å². The summed E-state index contributed by atoms with van der Waals surface area (Å²) in [4.78, 5) is 12.3. The SMILES string of the molecule is C[C@H](CCc1ccccc1)NCc1c(C(=O)O)n(Cc2ccc(F)cc2)c2ccccc12. The molecule has 0 spiro atoms. The molecule has 0 aliphatic heterocycles. The zero-order chi connectivity index (χ0) is 22.5. The van der Waals surface area contributed by atoms with Gasteiger partial charge in [0.25, 0.3) is 0 Å². The number of halogens is 1. The molecule has 0 saturated carbocycles. The topological polar surface area (TPSA) is 54.3 Å². The Labute approximate surface area is 187 Å². The van der Waals surface area contributed by atoms with Gasteiger partial charge in [0.05, 0.1) is 0 Å². The summed E-state index contributed by atoms with van der Waals surface area (Å²) in [7, 11) is 0. The first-order valence-electron chi connectivity index (χ1n) is 10.9. The van der Waals surface area contributed by atoms with Gasteiger partial charge in [0.15, 0.2) is 0 Å². The molecule has 0 saturated heterocycles. The molecule has 32 heavy (non-hydrogen) atoms. The number of aromatic nitrogens is 1. The Morgan fingerprint density at radius 2 is 1.66 bits per heavy atom. The Bertz CT molecular complexity index is 1200. The Hall–Kier alpha value is -3.44. The first kappa shape index (κ1) is 21.8. The van der Waals surface area contributed by atoms with Crippen molar-refractivity contribution < 1.29 is 14.3 Å². The quantitative estimate of drug-likeness (QED) is 0.361. The van der Waals surface area contributed by atoms with Gasteiger partial charge in [-0.1, -0.05) is 60.7 Å². The van der Waals surface area contributed by atoms with Crippen LogP contribution in [0.25, 0.3) is 10.9 Å². The third kappa shape index (κ3) is 4.89. The minimum atomic E-state index is -0.961. The van der Waals surface area contributed by atoms with Crippen LogP contribution in [-0.4, -0.2) is 21.7 Å². The average Bonchev–Trinajstić information content (AvgIpc) is 3.12. The molecule has 0 unspecified atom stereocenters. The maximum atomic E-state index is 13.3. The number of nitrogens with one attached hydrogen (secondary N) is 1. The first-order chi connectivity index (χ1) is 15.5. The second kappa shape index (κ2) is 9.79. The first-order valence-corrected chi connectivity index (χ1v) is 10.9. The van der Waals surface area contributed by atoms with E-state index in [1.165, 1.54) is 17.7 Å². The summed E-state index contributed by atoms with van der Waals surface area (Å²) in [5.74, 6) is -1.27. The van der Waals surface area contributed by atoms with E-state index in [9.17, 15) is 14.3 Å². The van der Waals surface area contributed by atoms with Crippen molar-refractivity contribution >= 4 is 16.9 Å². The van der Waals surface area contributed by atoms with Gasteiger partial charge in [-0.3, -0.25) is 0 Å². The molecule has 1 heterocycles. The highest BCUT2D eigenvalue weighted by atomic mass is 19.1. The van der Waals surface area contributed by atoms with Crippen molar-refractivity contribution in [3.8, 4) is 0 Å². The van der Waals surface area contributed by atoms with Gasteiger partial charge in [-0.05, 0) is 49.1 Å². The van der Waals surface area contributed by atoms with Crippen LogP contribution in [0.5, 0.6) is 0 Å². The van der Waals surface area contributed by atoms with E-state index >= 15 is 0 Å². The fraction of sp³-hybridized carbons (Fsp3) is 0.222. The number of benzene rings is 3. The molecule has 164 valence electrons. The summed E-state index contributed by atoms with van der Waals surface area (Å²) in [6, 6.07) is 24.5. The van der Waals surface area contributed by atoms with Gasteiger partial charge < -0.3 is 15.0 Å². The van der Waals surface area contributed by atoms with Crippen molar-refractivity contribution in [1.82, 2.24) is 9.88 Å². The van der Waals surface area contributed by atoms with E-state index in [1.54, 1.807) is 12.1 Å². The molecule has 4 rings (SSSR count). The highest BCUT2D eigenvalue weighted by Gasteiger charge is 2.22. The number of fused-ring (bicyclic) bond motifs is 1. The number of hydrogen-bond acceptors (Lipinski definition) is 2. The second-order valence-electron chi connectivity index (χ2n) is 8.17. The van der Waals surface area contributed by atoms with Crippen LogP contribution < -0.4 is 5.32 Å². The lowest BCUT2D eigenvalue weighted by molar-refractivity contribution is 0.0684. The van der Waals surface area contributed by atoms with Crippen LogP contribution in [0.1, 0.15) is 40.5 Å². The number of aryl methyl sites for hydroxylation is 1. The standard InChI is InChI=1S/C27H27FN2O2/c1-19(11-12-20-7-3-2-4-8-20)29-17-24-23-9-5-6-10-25(23)30(26(24)27(31)32)18-21-13-15-22(28)16-14-21/h2-10,13-16,19,29H,11-12,17-18H2,1H3,(H,31,32)/t19-/m1/s1. The van der Waals surface area contributed by atoms with Crippen LogP contribution in [0.3, 0.4) is 0 Å². The number of carboxylic acid groups (broad SMARTS) is 1. The van der Waals surface area contributed by atoms with Crippen molar-refractivity contribution in [3.05, 3.63) is 107 Å². The molecule has 4 aromatic rings. The van der Waals surface area contributed by atoms with Crippen LogP contribution in [-0.2, 0) is 19.5 Å². The summed E-state index contributed by atoms with van der Waals surface area (Å²) < 4.78 is 15.1. The summed E-state index contributed by atoms with van der Waals surface area (Å²) in [6.07, 6.45) is 1.92. The van der Waals surface area contributed by atoms with E-state index in [1.807, 2.05) is 47.0 Å². The maximum Gasteiger partial charge on any atom is 0.352 e. The van der Waals surface area contributed by atoms with Crippen molar-refractivity contribution in [1.29, 1.82) is 0 Å². The minimum absolute atomic E-state index is 0.232. The van der Waals surface area contributed by atoms with E-state index in [2.05, 4.69) is 24.4 Å². The third-order valence-electron chi connectivity index (χ3n) is 5.87. The maximum absolute atomic E-state index is 13.3. The molecular weight excluding hydrogens is 403 g/mol. The van der Waals surface area contributed by atoms with E-state index in [4.69, 9.17) is 0 Å². The number of para-hydroxylation sites is 1. The largest absolute Gasteiger partial charge is 0.477 e. The van der Waals surface area contributed by atoms with Gasteiger partial charge in [0.1, 0.15) is 11.5 Å². The van der Waals surface area contributed by atoms with Crippen LogP contribution in [0.15, 0.2) is 78.9 Å². The van der Waals surface area contributed by atoms with Gasteiger partial charge in [0, 0.05) is 35.6 Å². The van der Waals surface area contributed by atoms with Gasteiger partial charge in [0.2, 0.25) is 0 Å². The van der Waals surface area contributed by atoms with E-state index in [-0.39, 0.29) is 17.6 Å². The summed E-state index contributed by atoms with van der Waals surface area (Å²) >= 11 is 0. The fourth-order valence-corrected chi connectivity index (χ4v) is 4.14. The van der Waals surface area contributed by atoms with Crippen molar-refractivity contribution in [2.45, 2.75) is 38.9 Å². The summed E-state index contributed by atoms with van der Waals surface area (Å²) in [5.41, 5.74) is 4.07. The van der Waals surface area contributed by atoms with Gasteiger partial charge in [-0.15, -0.1) is 0 Å². The van der Waals surface area contributed by atoms with Crippen molar-refractivity contribution in [3.63, 3.8) is 0 Å². The Morgan fingerprint density at radius 1 is 0.969 bits per heavy atom. The number of aromatic carboxylic acids is 1. The molecule has 0 fully saturated rings. The molecule has 1 atom stereocenters. The monoisotopic (exact) mass is 430 g/mol. The molecule has 3 aromatic carbocycles. The molecule has 0 radical (unpaired) electrons. The highest BCUT2D eigenvalue weighted by molar-refractivity contribution is 5.98. The highest BCUT2D eigenvalue weighted by Crippen LogP contribution is 2.28. The Kier molecular flexibility index (Phi) is 6.66. The van der Waals surface area contributed by atoms with Gasteiger partial charge in [-0.2, -0.15) is 0 Å². The third-order valence-corrected chi connectivity index (χ3v) is 5.87. The summed E-state index contributed by atoms with van der Waals surface area (Å²) in [6.45, 7) is 2.96. The number of nitrogens with zero attached hydrogens (tertiary/aromatic N) is 1. The molecule has 4 nitrogen and oxygen atoms in total. The predicted octanol–water partition coefficient (Wildman–Crippen LogP) is 5.64. The molecule has 0 aliphatic rings. The van der Waals surface area contributed by atoms with E-state index in [0.29, 0.717) is 13.1 Å². The second-order valence-corrected chi connectivity index (χ2v) is 8.17. The van der Waals surface area contributed by atoms with E-state index in [0.717, 1.165) is 34.9 Å². The van der Waals surface area contributed by atoms with Crippen LogP contribution >= 0.6 is 0 Å². The minimum Gasteiger partial charge on any atom is -0.477 e. The molecule has 0 aliphatic carbocycles. The number of carboxylic acids is 1. The van der Waals surface area contributed by atoms with E-state index < -0.39 is 5.97 Å². The molecular formula is C27H27FN2O2. The Morgan fingerprint density at radius 3 is 2.38 bits per heavy atom. The fourth-order valence-electron chi connectivity index (χ4n) is 4.14. The van der Waals surface area contributed by atoms with Gasteiger partial charge in [-0.25, -0.2) is 9.18 Å². The smallest absolute Gasteiger partial charge is 0.352 e. The van der Waals surface area contributed by atoms with Crippen LogP contribution in [0.4, 0.5) is 4.39 Å². The van der Waals surface area contributed by atoms with Crippen LogP contribution in [0.2, 0.25) is 0 Å². The number of rotatable bonds is 9. The van der Waals surface area contributed by atoms with Crippen LogP contribution in [0, 0.1) is 5.82 Å². The molecule has 0 bridgehead atoms. The zero-order valence-electron chi connectivity index (χ0n) is 18.1.